The van der Waals surface area contributed by atoms with Gasteiger partial charge >= 0.3 is 18.3 Å². The van der Waals surface area contributed by atoms with Crippen molar-refractivity contribution in [2.45, 2.75) is 76.2 Å². The molecular formula is C35H35BrF6N2O6. The molecule has 0 unspecified atom stereocenters. The highest BCUT2D eigenvalue weighted by Gasteiger charge is 2.53. The van der Waals surface area contributed by atoms with Crippen molar-refractivity contribution < 1.29 is 55.2 Å². The number of alkyl halides is 6. The first-order chi connectivity index (χ1) is 23.3. The zero-order chi connectivity index (χ0) is 36.9. The minimum absolute atomic E-state index is 0.00153. The second kappa shape index (κ2) is 15.4. The first-order valence-corrected chi connectivity index (χ1v) is 16.2. The molecular weight excluding hydrogens is 738 g/mol. The summed E-state index contributed by atoms with van der Waals surface area (Å²) >= 11 is 3.36. The number of carbonyl (C=O) groups is 2. The topological polar surface area (TPSA) is 106 Å². The maximum atomic E-state index is 14.3. The molecule has 0 saturated carbocycles. The first kappa shape index (κ1) is 38.7. The highest BCUT2D eigenvalue weighted by Crippen LogP contribution is 2.44. The number of ether oxygens (including phenoxy) is 3. The smallest absolute Gasteiger partial charge is 0.416 e. The zero-order valence-electron chi connectivity index (χ0n) is 27.3. The molecule has 50 heavy (non-hydrogen) atoms. The summed E-state index contributed by atoms with van der Waals surface area (Å²) in [6, 6.07) is 14.2. The van der Waals surface area contributed by atoms with Crippen LogP contribution in [-0.4, -0.2) is 47.2 Å². The lowest BCUT2D eigenvalue weighted by atomic mass is 9.83. The second-order valence-corrected chi connectivity index (χ2v) is 13.4. The Labute approximate surface area is 293 Å². The highest BCUT2D eigenvalue weighted by molar-refractivity contribution is 9.10. The van der Waals surface area contributed by atoms with Gasteiger partial charge in [0.05, 0.1) is 17.7 Å². The third-order valence-electron chi connectivity index (χ3n) is 7.43. The minimum atomic E-state index is -5.08. The van der Waals surface area contributed by atoms with Gasteiger partial charge in [-0.05, 0) is 92.9 Å². The molecule has 4 rings (SSSR count). The molecule has 2 N–H and O–H groups in total. The van der Waals surface area contributed by atoms with Crippen molar-refractivity contribution in [2.24, 2.45) is 4.99 Å². The van der Waals surface area contributed by atoms with E-state index in [1.54, 1.807) is 69.3 Å². The van der Waals surface area contributed by atoms with E-state index in [2.05, 4.69) is 21.2 Å². The summed E-state index contributed by atoms with van der Waals surface area (Å²) in [6.45, 7) is 4.48. The molecule has 0 spiro atoms. The van der Waals surface area contributed by atoms with Crippen LogP contribution in [0.5, 0.6) is 5.75 Å². The lowest BCUT2D eigenvalue weighted by molar-refractivity contribution is -0.155. The molecule has 15 heteroatoms. The SMILES string of the molecule is CC(C)(C)OC(=O)CC[C@@]1(C(=O)NCc2cc(C(F)(F)F)cc(C(F)(F)F)c2)N=C(c2ccc(OCCCO)cc2)O[C@@H]1c1ccc(Br)cc1. The van der Waals surface area contributed by atoms with Crippen molar-refractivity contribution in [1.29, 1.82) is 0 Å². The summed E-state index contributed by atoms with van der Waals surface area (Å²) in [6.07, 6.45) is -11.6. The normalized spacial score (nSPS) is 17.9. The highest BCUT2D eigenvalue weighted by atomic mass is 79.9. The molecule has 1 heterocycles. The number of esters is 1. The van der Waals surface area contributed by atoms with Crippen LogP contribution in [0, 0.1) is 0 Å². The second-order valence-electron chi connectivity index (χ2n) is 12.5. The lowest BCUT2D eigenvalue weighted by Gasteiger charge is -2.31. The average molecular weight is 774 g/mol. The van der Waals surface area contributed by atoms with Crippen molar-refractivity contribution in [3.8, 4) is 5.75 Å². The van der Waals surface area contributed by atoms with Gasteiger partial charge in [-0.1, -0.05) is 28.1 Å². The number of aliphatic hydroxyl groups excluding tert-OH is 1. The van der Waals surface area contributed by atoms with Gasteiger partial charge in [-0.2, -0.15) is 26.3 Å². The predicted octanol–water partition coefficient (Wildman–Crippen LogP) is 7.94. The van der Waals surface area contributed by atoms with E-state index in [1.807, 2.05) is 0 Å². The van der Waals surface area contributed by atoms with Crippen molar-refractivity contribution in [1.82, 2.24) is 5.32 Å². The molecule has 2 atom stereocenters. The fourth-order valence-electron chi connectivity index (χ4n) is 5.15. The van der Waals surface area contributed by atoms with Crippen molar-refractivity contribution >= 4 is 33.7 Å². The van der Waals surface area contributed by atoms with Gasteiger partial charge in [0.25, 0.3) is 5.91 Å². The van der Waals surface area contributed by atoms with Gasteiger partial charge in [-0.3, -0.25) is 9.59 Å². The monoisotopic (exact) mass is 772 g/mol. The molecule has 1 aliphatic heterocycles. The molecule has 0 bridgehead atoms. The molecule has 0 radical (unpaired) electrons. The van der Waals surface area contributed by atoms with E-state index in [-0.39, 0.29) is 38.0 Å². The van der Waals surface area contributed by atoms with Crippen LogP contribution < -0.4 is 10.1 Å². The van der Waals surface area contributed by atoms with E-state index in [0.29, 0.717) is 39.9 Å². The van der Waals surface area contributed by atoms with E-state index in [0.717, 1.165) is 0 Å². The Bertz CT molecular complexity index is 1660. The standard InChI is InChI=1S/C35H35BrF6N2O6/c1-32(2,3)50-28(46)13-14-33(31(47)43-20-21-17-24(34(37,38)39)19-25(18-21)35(40,41)42)29(22-5-9-26(36)10-6-22)49-30(44-33)23-7-11-27(12-8-23)48-16-4-15-45/h5-12,17-19,29,45H,4,13-16,20H2,1-3H3,(H,43,47)/t29-,33-/m1/s1. The zero-order valence-corrected chi connectivity index (χ0v) is 28.8. The van der Waals surface area contributed by atoms with Crippen LogP contribution in [0.3, 0.4) is 0 Å². The Morgan fingerprint density at radius 3 is 2.08 bits per heavy atom. The maximum Gasteiger partial charge on any atom is 0.416 e. The maximum absolute atomic E-state index is 14.3. The first-order valence-electron chi connectivity index (χ1n) is 15.5. The molecule has 1 amide bonds. The number of hydrogen-bond donors (Lipinski definition) is 2. The number of halogens is 7. The molecule has 0 aliphatic carbocycles. The van der Waals surface area contributed by atoms with E-state index >= 15 is 0 Å². The van der Waals surface area contributed by atoms with E-state index in [1.165, 1.54) is 0 Å². The minimum Gasteiger partial charge on any atom is -0.494 e. The molecule has 1 aliphatic rings. The van der Waals surface area contributed by atoms with Gasteiger partial charge in [0.1, 0.15) is 11.4 Å². The van der Waals surface area contributed by atoms with Crippen LogP contribution in [0.25, 0.3) is 0 Å². The Balaban J connectivity index is 1.77. The summed E-state index contributed by atoms with van der Waals surface area (Å²) < 4.78 is 99.4. The lowest BCUT2D eigenvalue weighted by Crippen LogP contribution is -2.48. The number of amides is 1. The number of aliphatic hydroxyl groups is 1. The van der Waals surface area contributed by atoms with Crippen molar-refractivity contribution in [2.75, 3.05) is 13.2 Å². The quantitative estimate of drug-likeness (QED) is 0.110. The van der Waals surface area contributed by atoms with Gasteiger partial charge in [-0.15, -0.1) is 0 Å². The van der Waals surface area contributed by atoms with Crippen LogP contribution in [0.4, 0.5) is 26.3 Å². The molecule has 0 saturated heterocycles. The fourth-order valence-corrected chi connectivity index (χ4v) is 5.41. The molecule has 8 nitrogen and oxygen atoms in total. The fraction of sp³-hybridized carbons (Fsp3) is 0.400. The van der Waals surface area contributed by atoms with Gasteiger partial charge in [-0.25, -0.2) is 4.99 Å². The van der Waals surface area contributed by atoms with Gasteiger partial charge in [0, 0.05) is 36.0 Å². The van der Waals surface area contributed by atoms with Crippen LogP contribution >= 0.6 is 15.9 Å². The summed E-state index contributed by atoms with van der Waals surface area (Å²) in [7, 11) is 0. The van der Waals surface area contributed by atoms with E-state index in [9.17, 15) is 35.9 Å². The number of nitrogens with one attached hydrogen (secondary N) is 1. The van der Waals surface area contributed by atoms with Gasteiger partial charge in [0.15, 0.2) is 11.6 Å². The van der Waals surface area contributed by atoms with Crippen molar-refractivity contribution in [3.63, 3.8) is 0 Å². The Hall–Kier alpha value is -4.11. The summed E-state index contributed by atoms with van der Waals surface area (Å²) in [4.78, 5) is 31.9. The van der Waals surface area contributed by atoms with E-state index in [4.69, 9.17) is 24.3 Å². The summed E-state index contributed by atoms with van der Waals surface area (Å²) in [5, 5.41) is 11.5. The Morgan fingerprint density at radius 1 is 0.940 bits per heavy atom. The summed E-state index contributed by atoms with van der Waals surface area (Å²) in [5.74, 6) is -1.09. The average Bonchev–Trinajstić information content (AvgIpc) is 3.42. The number of hydrogen-bond acceptors (Lipinski definition) is 7. The van der Waals surface area contributed by atoms with Crippen LogP contribution in [0.15, 0.2) is 76.2 Å². The largest absolute Gasteiger partial charge is 0.494 e. The van der Waals surface area contributed by atoms with Gasteiger partial charge < -0.3 is 24.6 Å². The number of nitrogens with zero attached hydrogens (tertiary/aromatic N) is 1. The summed E-state index contributed by atoms with van der Waals surface area (Å²) in [5.41, 5.74) is -5.43. The van der Waals surface area contributed by atoms with E-state index < -0.39 is 64.7 Å². The Kier molecular flexibility index (Phi) is 11.9. The molecule has 0 aromatic heterocycles. The third-order valence-corrected chi connectivity index (χ3v) is 7.96. The van der Waals surface area contributed by atoms with Crippen LogP contribution in [-0.2, 0) is 38.0 Å². The van der Waals surface area contributed by atoms with Gasteiger partial charge in [0.2, 0.25) is 5.90 Å². The Morgan fingerprint density at radius 2 is 1.54 bits per heavy atom. The number of benzene rings is 3. The molecule has 0 fully saturated rings. The molecule has 270 valence electrons. The molecule has 3 aromatic carbocycles. The number of aliphatic imine (C=N–C) groups is 1. The number of carbonyl (C=O) groups excluding carboxylic acids is 2. The van der Waals surface area contributed by atoms with Crippen LogP contribution in [0.1, 0.15) is 74.0 Å². The molecule has 3 aromatic rings. The van der Waals surface area contributed by atoms with Crippen LogP contribution in [0.2, 0.25) is 0 Å². The third kappa shape index (κ3) is 9.99. The van der Waals surface area contributed by atoms with Crippen molar-refractivity contribution in [3.05, 3.63) is 99.0 Å². The number of rotatable bonds is 12. The predicted molar refractivity (Wildman–Crippen MR) is 174 cm³/mol.